The zero-order chi connectivity index (χ0) is 18.6. The third-order valence-corrected chi connectivity index (χ3v) is 4.82. The first kappa shape index (κ1) is 17.2. The topological polar surface area (TPSA) is 75.1 Å². The van der Waals surface area contributed by atoms with E-state index in [0.29, 0.717) is 17.9 Å². The molecule has 0 saturated heterocycles. The Labute approximate surface area is 158 Å². The molecule has 0 unspecified atom stereocenters. The van der Waals surface area contributed by atoms with Gasteiger partial charge in [-0.1, -0.05) is 30.3 Å². The lowest BCUT2D eigenvalue weighted by atomic mass is 9.90. The number of carbonyl (C=O) groups excluding carboxylic acids is 1. The minimum Gasteiger partial charge on any atom is -0.508 e. The van der Waals surface area contributed by atoms with Crippen LogP contribution < -0.4 is 5.32 Å². The molecular weight excluding hydrogens is 338 g/mol. The number of fused-ring (bicyclic) bond motifs is 1. The maximum absolute atomic E-state index is 12.3. The molecule has 5 heteroatoms. The van der Waals surface area contributed by atoms with E-state index in [-0.39, 0.29) is 11.7 Å². The summed E-state index contributed by atoms with van der Waals surface area (Å²) in [7, 11) is 0. The maximum atomic E-state index is 12.3. The summed E-state index contributed by atoms with van der Waals surface area (Å²) in [6, 6.07) is 13.1. The molecule has 3 aromatic rings. The van der Waals surface area contributed by atoms with Crippen molar-refractivity contribution in [1.82, 2.24) is 9.97 Å². The van der Waals surface area contributed by atoms with Crippen LogP contribution in [0.3, 0.4) is 0 Å². The Bertz CT molecular complexity index is 968. The largest absolute Gasteiger partial charge is 0.508 e. The van der Waals surface area contributed by atoms with E-state index in [1.54, 1.807) is 30.6 Å². The van der Waals surface area contributed by atoms with Crippen LogP contribution in [0.2, 0.25) is 0 Å². The number of phenolic OH excluding ortho intramolecular Hbond substituents is 1. The Kier molecular flexibility index (Phi) is 4.83. The Balaban J connectivity index is 1.41. The Hall–Kier alpha value is -3.21. The first-order valence-electron chi connectivity index (χ1n) is 9.19. The number of hydrogen-bond acceptors (Lipinski definition) is 4. The molecule has 1 amide bonds. The molecule has 0 atom stereocenters. The van der Waals surface area contributed by atoms with Gasteiger partial charge in [0.25, 0.3) is 0 Å². The number of hydrogen-bond donors (Lipinski definition) is 2. The van der Waals surface area contributed by atoms with Crippen LogP contribution in [0, 0.1) is 0 Å². The number of aromatic nitrogens is 2. The molecule has 0 fully saturated rings. The number of anilines is 1. The molecule has 1 heterocycles. The number of rotatable bonds is 4. The predicted molar refractivity (Wildman–Crippen MR) is 105 cm³/mol. The van der Waals surface area contributed by atoms with E-state index in [2.05, 4.69) is 27.4 Å². The van der Waals surface area contributed by atoms with Crippen molar-refractivity contribution in [3.63, 3.8) is 0 Å². The number of amides is 1. The second kappa shape index (κ2) is 7.58. The molecule has 0 saturated carbocycles. The summed E-state index contributed by atoms with van der Waals surface area (Å²) in [6.07, 6.45) is 8.23. The standard InChI is InChI=1S/C22H21N3O2/c26-20-7-3-6-18(12-20)22-23-13-19(14-24-22)25-21(27)11-15-8-9-16-4-1-2-5-17(16)10-15/h3,6-10,12-14,26H,1-2,4-5,11H2,(H,25,27). The SMILES string of the molecule is O=C(Cc1ccc2c(c1)CCCC2)Nc1cnc(-c2cccc(O)c2)nc1. The third kappa shape index (κ3) is 4.14. The smallest absolute Gasteiger partial charge is 0.228 e. The van der Waals surface area contributed by atoms with Crippen molar-refractivity contribution >= 4 is 11.6 Å². The maximum Gasteiger partial charge on any atom is 0.228 e. The zero-order valence-corrected chi connectivity index (χ0v) is 15.0. The van der Waals surface area contributed by atoms with E-state index >= 15 is 0 Å². The third-order valence-electron chi connectivity index (χ3n) is 4.82. The van der Waals surface area contributed by atoms with E-state index in [1.165, 1.54) is 24.0 Å². The molecule has 1 aliphatic rings. The summed E-state index contributed by atoms with van der Waals surface area (Å²) >= 11 is 0. The molecule has 0 radical (unpaired) electrons. The second-order valence-electron chi connectivity index (χ2n) is 6.88. The van der Waals surface area contributed by atoms with Gasteiger partial charge in [-0.25, -0.2) is 9.97 Å². The molecule has 27 heavy (non-hydrogen) atoms. The van der Waals surface area contributed by atoms with Gasteiger partial charge in [0.05, 0.1) is 24.5 Å². The molecule has 0 bridgehead atoms. The van der Waals surface area contributed by atoms with Gasteiger partial charge in [-0.15, -0.1) is 0 Å². The molecule has 4 rings (SSSR count). The van der Waals surface area contributed by atoms with Gasteiger partial charge >= 0.3 is 0 Å². The summed E-state index contributed by atoms with van der Waals surface area (Å²) in [6.45, 7) is 0. The van der Waals surface area contributed by atoms with Gasteiger partial charge in [0, 0.05) is 5.56 Å². The fourth-order valence-corrected chi connectivity index (χ4v) is 3.47. The Morgan fingerprint density at radius 1 is 1.00 bits per heavy atom. The monoisotopic (exact) mass is 359 g/mol. The van der Waals surface area contributed by atoms with Crippen LogP contribution in [0.1, 0.15) is 29.5 Å². The fraction of sp³-hybridized carbons (Fsp3) is 0.227. The summed E-state index contributed by atoms with van der Waals surface area (Å²) in [5.74, 6) is 0.580. The summed E-state index contributed by atoms with van der Waals surface area (Å²) in [4.78, 5) is 20.9. The van der Waals surface area contributed by atoms with E-state index in [0.717, 1.165) is 24.0 Å². The van der Waals surface area contributed by atoms with Crippen molar-refractivity contribution in [3.05, 3.63) is 71.5 Å². The van der Waals surface area contributed by atoms with Gasteiger partial charge in [-0.2, -0.15) is 0 Å². The molecule has 2 N–H and O–H groups in total. The van der Waals surface area contributed by atoms with Crippen molar-refractivity contribution in [3.8, 4) is 17.1 Å². The van der Waals surface area contributed by atoms with E-state index in [4.69, 9.17) is 0 Å². The van der Waals surface area contributed by atoms with Gasteiger partial charge in [-0.05, 0) is 54.5 Å². The molecule has 0 aliphatic heterocycles. The van der Waals surface area contributed by atoms with E-state index < -0.39 is 0 Å². The van der Waals surface area contributed by atoms with Gasteiger partial charge in [0.2, 0.25) is 5.91 Å². The normalized spacial score (nSPS) is 13.0. The van der Waals surface area contributed by atoms with Crippen molar-refractivity contribution in [1.29, 1.82) is 0 Å². The number of phenols is 1. The van der Waals surface area contributed by atoms with Crippen LogP contribution in [-0.4, -0.2) is 21.0 Å². The average molecular weight is 359 g/mol. The van der Waals surface area contributed by atoms with Crippen LogP contribution in [0.4, 0.5) is 5.69 Å². The highest BCUT2D eigenvalue weighted by atomic mass is 16.3. The highest BCUT2D eigenvalue weighted by Gasteiger charge is 2.12. The first-order valence-corrected chi connectivity index (χ1v) is 9.19. The summed E-state index contributed by atoms with van der Waals surface area (Å²) < 4.78 is 0. The summed E-state index contributed by atoms with van der Waals surface area (Å²) in [5, 5.41) is 12.4. The highest BCUT2D eigenvalue weighted by molar-refractivity contribution is 5.92. The zero-order valence-electron chi connectivity index (χ0n) is 15.0. The minimum atomic E-state index is -0.0838. The van der Waals surface area contributed by atoms with Crippen LogP contribution in [-0.2, 0) is 24.1 Å². The number of nitrogens with one attached hydrogen (secondary N) is 1. The van der Waals surface area contributed by atoms with Gasteiger partial charge < -0.3 is 10.4 Å². The first-order chi connectivity index (χ1) is 13.2. The summed E-state index contributed by atoms with van der Waals surface area (Å²) in [5.41, 5.74) is 5.11. The number of aryl methyl sites for hydroxylation is 2. The Morgan fingerprint density at radius 2 is 1.78 bits per heavy atom. The lowest BCUT2D eigenvalue weighted by Crippen LogP contribution is -2.15. The van der Waals surface area contributed by atoms with Crippen molar-refractivity contribution < 1.29 is 9.90 Å². The van der Waals surface area contributed by atoms with E-state index in [9.17, 15) is 9.90 Å². The molecule has 136 valence electrons. The van der Waals surface area contributed by atoms with Gasteiger partial charge in [-0.3, -0.25) is 4.79 Å². The van der Waals surface area contributed by atoms with Crippen LogP contribution in [0.15, 0.2) is 54.9 Å². The number of nitrogens with zero attached hydrogens (tertiary/aromatic N) is 2. The van der Waals surface area contributed by atoms with Crippen LogP contribution in [0.25, 0.3) is 11.4 Å². The van der Waals surface area contributed by atoms with Crippen molar-refractivity contribution in [2.24, 2.45) is 0 Å². The number of aromatic hydroxyl groups is 1. The Morgan fingerprint density at radius 3 is 2.56 bits per heavy atom. The molecular formula is C22H21N3O2. The van der Waals surface area contributed by atoms with Gasteiger partial charge in [0.1, 0.15) is 5.75 Å². The molecule has 1 aliphatic carbocycles. The van der Waals surface area contributed by atoms with Crippen LogP contribution >= 0.6 is 0 Å². The van der Waals surface area contributed by atoms with Crippen LogP contribution in [0.5, 0.6) is 5.75 Å². The molecule has 2 aromatic carbocycles. The van der Waals surface area contributed by atoms with Crippen molar-refractivity contribution in [2.75, 3.05) is 5.32 Å². The number of benzene rings is 2. The van der Waals surface area contributed by atoms with E-state index in [1.807, 2.05) is 12.1 Å². The quantitative estimate of drug-likeness (QED) is 0.741. The lowest BCUT2D eigenvalue weighted by Gasteiger charge is -2.16. The highest BCUT2D eigenvalue weighted by Crippen LogP contribution is 2.23. The lowest BCUT2D eigenvalue weighted by molar-refractivity contribution is -0.115. The molecule has 5 nitrogen and oxygen atoms in total. The van der Waals surface area contributed by atoms with Gasteiger partial charge in [0.15, 0.2) is 5.82 Å². The predicted octanol–water partition coefficient (Wildman–Crippen LogP) is 3.91. The minimum absolute atomic E-state index is 0.0838. The molecule has 1 aromatic heterocycles. The second-order valence-corrected chi connectivity index (χ2v) is 6.88. The number of carbonyl (C=O) groups is 1. The molecule has 0 spiro atoms. The fourth-order valence-electron chi connectivity index (χ4n) is 3.47. The van der Waals surface area contributed by atoms with Crippen molar-refractivity contribution in [2.45, 2.75) is 32.1 Å². The average Bonchev–Trinajstić information content (AvgIpc) is 2.68.